The average molecular weight is 473 g/mol. The Morgan fingerprint density at radius 3 is 2.00 bits per heavy atom. The second-order valence-electron chi connectivity index (χ2n) is 13.3. The third kappa shape index (κ3) is 5.67. The Morgan fingerprint density at radius 1 is 0.765 bits per heavy atom. The van der Waals surface area contributed by atoms with Crippen molar-refractivity contribution in [3.8, 4) is 0 Å². The van der Waals surface area contributed by atoms with Crippen LogP contribution in [0.25, 0.3) is 0 Å². The first-order valence-corrected chi connectivity index (χ1v) is 15.9. The molecule has 4 aliphatic rings. The highest BCUT2D eigenvalue weighted by molar-refractivity contribution is 5.11. The van der Waals surface area contributed by atoms with Crippen molar-refractivity contribution in [1.82, 2.24) is 0 Å². The molecular weight excluding hydrogens is 408 g/mol. The molecule has 0 aromatic rings. The fraction of sp³-hybridized carbons (Fsp3) is 0.941. The smallest absolute Gasteiger partial charge is 0.0213 e. The average Bonchev–Trinajstić information content (AvgIpc) is 3.19. The molecule has 0 aromatic heterocycles. The number of allylic oxidation sites excluding steroid dienone is 2. The molecular formula is C34H64. The van der Waals surface area contributed by atoms with Crippen LogP contribution in [0, 0.1) is 64.1 Å². The van der Waals surface area contributed by atoms with Crippen molar-refractivity contribution in [2.24, 2.45) is 64.1 Å². The Balaban J connectivity index is 0.000000970. The molecule has 0 N–H and O–H groups in total. The standard InChI is InChI=1S/C30H52.2C2H6/c1-8-23(20(2)3)10-9-22(5)26-13-14-27-25-12-11-24-19-21(4)15-17-29(24,6)28(25)16-18-30(26,27)7;2*1-2/h9-10,20-28H,8,11-19H2,1-7H3;2*1-2H3/b10-9+;;/t21?,22-,23?,24?,25?,26?,27?,28?,29?,30?;;/m1../s1. The summed E-state index contributed by atoms with van der Waals surface area (Å²) in [7, 11) is 0. The molecule has 0 heterocycles. The molecule has 4 rings (SSSR count). The number of rotatable bonds is 5. The fourth-order valence-corrected chi connectivity index (χ4v) is 9.66. The monoisotopic (exact) mass is 473 g/mol. The van der Waals surface area contributed by atoms with Crippen LogP contribution in [0.3, 0.4) is 0 Å². The maximum absolute atomic E-state index is 2.73. The van der Waals surface area contributed by atoms with Gasteiger partial charge < -0.3 is 0 Å². The van der Waals surface area contributed by atoms with E-state index >= 15 is 0 Å². The Kier molecular flexibility index (Phi) is 11.3. The number of hydrogen-bond acceptors (Lipinski definition) is 0. The predicted octanol–water partition coefficient (Wildman–Crippen LogP) is 11.2. The molecule has 0 aromatic carbocycles. The molecule has 0 aliphatic heterocycles. The fourth-order valence-electron chi connectivity index (χ4n) is 9.66. The molecule has 4 aliphatic carbocycles. The molecule has 0 heteroatoms. The quantitative estimate of drug-likeness (QED) is 0.349. The SMILES string of the molecule is CC.CC.CCC(/C=C/[C@@H](C)C1CCC2C3CCC4CC(C)CCC4(C)C3CCC21C)C(C)C. The van der Waals surface area contributed by atoms with Crippen LogP contribution in [0.15, 0.2) is 12.2 Å². The summed E-state index contributed by atoms with van der Waals surface area (Å²) < 4.78 is 0. The molecule has 34 heavy (non-hydrogen) atoms. The van der Waals surface area contributed by atoms with Crippen LogP contribution in [0.1, 0.15) is 140 Å². The van der Waals surface area contributed by atoms with Gasteiger partial charge in [0.1, 0.15) is 0 Å². The van der Waals surface area contributed by atoms with Crippen LogP contribution in [-0.4, -0.2) is 0 Å². The van der Waals surface area contributed by atoms with Gasteiger partial charge >= 0.3 is 0 Å². The first-order chi connectivity index (χ1) is 16.2. The summed E-state index contributed by atoms with van der Waals surface area (Å²) >= 11 is 0. The summed E-state index contributed by atoms with van der Waals surface area (Å²) in [6.07, 6.45) is 20.2. The van der Waals surface area contributed by atoms with Gasteiger partial charge in [-0.3, -0.25) is 0 Å². The highest BCUT2D eigenvalue weighted by Crippen LogP contribution is 2.68. The second-order valence-corrected chi connectivity index (χ2v) is 13.3. The van der Waals surface area contributed by atoms with Crippen molar-refractivity contribution >= 4 is 0 Å². The molecule has 200 valence electrons. The molecule has 0 radical (unpaired) electrons. The lowest BCUT2D eigenvalue weighted by Gasteiger charge is -2.61. The van der Waals surface area contributed by atoms with Crippen molar-refractivity contribution in [2.45, 2.75) is 140 Å². The van der Waals surface area contributed by atoms with E-state index in [9.17, 15) is 0 Å². The molecule has 4 fully saturated rings. The zero-order valence-electron chi connectivity index (χ0n) is 25.4. The Labute approximate surface area is 216 Å². The first kappa shape index (κ1) is 30.0. The molecule has 10 atom stereocenters. The molecule has 0 saturated heterocycles. The highest BCUT2D eigenvalue weighted by atomic mass is 14.6. The zero-order chi connectivity index (χ0) is 25.7. The summed E-state index contributed by atoms with van der Waals surface area (Å²) in [5, 5.41) is 0. The summed E-state index contributed by atoms with van der Waals surface area (Å²) in [5.41, 5.74) is 1.28. The van der Waals surface area contributed by atoms with E-state index < -0.39 is 0 Å². The van der Waals surface area contributed by atoms with E-state index in [-0.39, 0.29) is 0 Å². The maximum Gasteiger partial charge on any atom is -0.0213 e. The van der Waals surface area contributed by atoms with Gasteiger partial charge in [-0.15, -0.1) is 0 Å². The van der Waals surface area contributed by atoms with Gasteiger partial charge in [0.15, 0.2) is 0 Å². The van der Waals surface area contributed by atoms with Crippen molar-refractivity contribution in [2.75, 3.05) is 0 Å². The number of hydrogen-bond donors (Lipinski definition) is 0. The largest absolute Gasteiger partial charge is 0.0851 e. The van der Waals surface area contributed by atoms with Gasteiger partial charge in [-0.2, -0.15) is 0 Å². The topological polar surface area (TPSA) is 0 Å². The van der Waals surface area contributed by atoms with E-state index in [1.807, 2.05) is 27.7 Å². The van der Waals surface area contributed by atoms with E-state index in [2.05, 4.69) is 60.6 Å². The molecule has 4 saturated carbocycles. The Morgan fingerprint density at radius 2 is 1.38 bits per heavy atom. The minimum atomic E-state index is 0.607. The van der Waals surface area contributed by atoms with Gasteiger partial charge in [0, 0.05) is 0 Å². The van der Waals surface area contributed by atoms with Crippen molar-refractivity contribution in [3.63, 3.8) is 0 Å². The Bertz CT molecular complexity index is 616. The summed E-state index contributed by atoms with van der Waals surface area (Å²) in [4.78, 5) is 0. The van der Waals surface area contributed by atoms with Gasteiger partial charge in [-0.1, -0.05) is 94.7 Å². The Hall–Kier alpha value is -0.260. The van der Waals surface area contributed by atoms with Crippen LogP contribution >= 0.6 is 0 Å². The van der Waals surface area contributed by atoms with Gasteiger partial charge in [-0.05, 0) is 122 Å². The van der Waals surface area contributed by atoms with E-state index in [1.165, 1.54) is 51.4 Å². The second kappa shape index (κ2) is 12.8. The first-order valence-electron chi connectivity index (χ1n) is 15.9. The van der Waals surface area contributed by atoms with Gasteiger partial charge in [0.2, 0.25) is 0 Å². The van der Waals surface area contributed by atoms with E-state index in [4.69, 9.17) is 0 Å². The normalized spacial score (nSPS) is 42.9. The lowest BCUT2D eigenvalue weighted by atomic mass is 9.44. The minimum absolute atomic E-state index is 0.607. The van der Waals surface area contributed by atoms with Crippen molar-refractivity contribution in [1.29, 1.82) is 0 Å². The minimum Gasteiger partial charge on any atom is -0.0851 e. The summed E-state index contributed by atoms with van der Waals surface area (Å²) in [5.74, 6) is 8.32. The van der Waals surface area contributed by atoms with Crippen LogP contribution in [0.2, 0.25) is 0 Å². The number of fused-ring (bicyclic) bond motifs is 5. The lowest BCUT2D eigenvalue weighted by molar-refractivity contribution is -0.118. The molecule has 0 amide bonds. The van der Waals surface area contributed by atoms with Gasteiger partial charge in [0.25, 0.3) is 0 Å². The lowest BCUT2D eigenvalue weighted by Crippen LogP contribution is -2.53. The summed E-state index contributed by atoms with van der Waals surface area (Å²) in [6, 6.07) is 0. The van der Waals surface area contributed by atoms with Crippen LogP contribution in [-0.2, 0) is 0 Å². The third-order valence-corrected chi connectivity index (χ3v) is 11.6. The van der Waals surface area contributed by atoms with Crippen LogP contribution in [0.4, 0.5) is 0 Å². The third-order valence-electron chi connectivity index (χ3n) is 11.6. The van der Waals surface area contributed by atoms with E-state index in [0.717, 1.165) is 53.3 Å². The van der Waals surface area contributed by atoms with Crippen LogP contribution < -0.4 is 0 Å². The van der Waals surface area contributed by atoms with Gasteiger partial charge in [0.05, 0.1) is 0 Å². The highest BCUT2D eigenvalue weighted by Gasteiger charge is 2.60. The van der Waals surface area contributed by atoms with Gasteiger partial charge in [-0.25, -0.2) is 0 Å². The predicted molar refractivity (Wildman–Crippen MR) is 154 cm³/mol. The van der Waals surface area contributed by atoms with Crippen molar-refractivity contribution in [3.05, 3.63) is 12.2 Å². The van der Waals surface area contributed by atoms with Crippen molar-refractivity contribution < 1.29 is 0 Å². The molecule has 9 unspecified atom stereocenters. The van der Waals surface area contributed by atoms with E-state index in [1.54, 1.807) is 12.8 Å². The molecule has 0 bridgehead atoms. The molecule has 0 nitrogen and oxygen atoms in total. The van der Waals surface area contributed by atoms with E-state index in [0.29, 0.717) is 10.8 Å². The van der Waals surface area contributed by atoms with Crippen LogP contribution in [0.5, 0.6) is 0 Å². The maximum atomic E-state index is 2.73. The zero-order valence-corrected chi connectivity index (χ0v) is 25.4. The molecule has 0 spiro atoms. The summed E-state index contributed by atoms with van der Waals surface area (Å²) in [6.45, 7) is 25.7.